The van der Waals surface area contributed by atoms with Gasteiger partial charge in [-0.05, 0) is 31.4 Å². The van der Waals surface area contributed by atoms with Crippen LogP contribution in [-0.4, -0.2) is 24.4 Å². The van der Waals surface area contributed by atoms with Crippen LogP contribution >= 0.6 is 11.8 Å². The summed E-state index contributed by atoms with van der Waals surface area (Å²) in [5.41, 5.74) is 1.61. The van der Waals surface area contributed by atoms with Gasteiger partial charge in [0.05, 0.1) is 11.4 Å². The number of aromatic nitrogens is 4. The summed E-state index contributed by atoms with van der Waals surface area (Å²) in [6.45, 7) is 0.774. The second-order valence-corrected chi connectivity index (χ2v) is 8.38. The van der Waals surface area contributed by atoms with Crippen molar-refractivity contribution in [2.75, 3.05) is 0 Å². The lowest BCUT2D eigenvalue weighted by Gasteiger charge is -2.17. The highest BCUT2D eigenvalue weighted by Gasteiger charge is 2.27. The van der Waals surface area contributed by atoms with Gasteiger partial charge >= 0.3 is 0 Å². The molecular formula is C22H20N4O4S. The minimum atomic E-state index is -0.477. The molecule has 0 aliphatic carbocycles. The van der Waals surface area contributed by atoms with Gasteiger partial charge in [0.2, 0.25) is 5.43 Å². The van der Waals surface area contributed by atoms with Gasteiger partial charge in [0.1, 0.15) is 17.6 Å². The van der Waals surface area contributed by atoms with Crippen molar-refractivity contribution in [1.82, 2.24) is 19.3 Å². The highest BCUT2D eigenvalue weighted by molar-refractivity contribution is 7.98. The van der Waals surface area contributed by atoms with Gasteiger partial charge in [-0.3, -0.25) is 9.59 Å². The average Bonchev–Trinajstić information content (AvgIpc) is 2.95. The van der Waals surface area contributed by atoms with Gasteiger partial charge in [-0.25, -0.2) is 4.98 Å². The lowest BCUT2D eigenvalue weighted by atomic mass is 10.1. The molecule has 5 rings (SSSR count). The maximum atomic E-state index is 13.2. The Morgan fingerprint density at radius 2 is 1.97 bits per heavy atom. The van der Waals surface area contributed by atoms with E-state index < -0.39 is 11.2 Å². The number of benzene rings is 1. The molecule has 31 heavy (non-hydrogen) atoms. The highest BCUT2D eigenvalue weighted by atomic mass is 32.2. The number of thioether (sulfide) groups is 1. The third-order valence-corrected chi connectivity index (χ3v) is 6.38. The Kier molecular flexibility index (Phi) is 5.11. The van der Waals surface area contributed by atoms with Crippen molar-refractivity contribution >= 4 is 11.8 Å². The molecule has 0 unspecified atom stereocenters. The molecule has 158 valence electrons. The molecular weight excluding hydrogens is 416 g/mol. The van der Waals surface area contributed by atoms with E-state index in [4.69, 9.17) is 9.40 Å². The first-order chi connectivity index (χ1) is 15.1. The van der Waals surface area contributed by atoms with E-state index in [-0.39, 0.29) is 5.56 Å². The number of aromatic hydroxyl groups is 1. The minimum absolute atomic E-state index is 0.152. The molecule has 1 N–H and O–H groups in total. The fourth-order valence-electron chi connectivity index (χ4n) is 3.86. The molecule has 0 amide bonds. The number of fused-ring (bicyclic) bond motifs is 3. The molecule has 2 aromatic rings. The molecule has 4 heterocycles. The van der Waals surface area contributed by atoms with Crippen LogP contribution in [0.5, 0.6) is 5.75 Å². The van der Waals surface area contributed by atoms with Crippen LogP contribution in [-0.2, 0) is 18.7 Å². The summed E-state index contributed by atoms with van der Waals surface area (Å²) in [5.74, 6) is 0.830. The molecule has 0 saturated heterocycles. The molecule has 9 heteroatoms. The fraction of sp³-hybridized carbons (Fsp3) is 0.273. The monoisotopic (exact) mass is 436 g/mol. The highest BCUT2D eigenvalue weighted by Crippen LogP contribution is 2.31. The van der Waals surface area contributed by atoms with E-state index in [1.807, 2.05) is 30.3 Å². The summed E-state index contributed by atoms with van der Waals surface area (Å²) in [7, 11) is 0. The third-order valence-electron chi connectivity index (χ3n) is 5.38. The van der Waals surface area contributed by atoms with E-state index in [0.717, 1.165) is 49.3 Å². The van der Waals surface area contributed by atoms with Gasteiger partial charge in [-0.1, -0.05) is 36.4 Å². The van der Waals surface area contributed by atoms with Crippen LogP contribution < -0.4 is 11.0 Å². The first kappa shape index (κ1) is 19.6. The van der Waals surface area contributed by atoms with Crippen molar-refractivity contribution in [2.45, 2.75) is 43.1 Å². The van der Waals surface area contributed by atoms with E-state index in [1.165, 1.54) is 22.5 Å². The van der Waals surface area contributed by atoms with Crippen molar-refractivity contribution in [2.24, 2.45) is 0 Å². The number of para-hydroxylation sites is 1. The molecule has 0 fully saturated rings. The Morgan fingerprint density at radius 1 is 1.13 bits per heavy atom. The normalized spacial score (nSPS) is 13.8. The van der Waals surface area contributed by atoms with E-state index in [9.17, 15) is 14.7 Å². The molecule has 3 aliphatic heterocycles. The maximum Gasteiger partial charge on any atom is 0.284 e. The van der Waals surface area contributed by atoms with Crippen molar-refractivity contribution in [3.05, 3.63) is 74.7 Å². The van der Waals surface area contributed by atoms with E-state index in [2.05, 4.69) is 9.67 Å². The molecule has 0 spiro atoms. The molecule has 0 atom stereocenters. The van der Waals surface area contributed by atoms with Gasteiger partial charge in [0.25, 0.3) is 5.56 Å². The lowest BCUT2D eigenvalue weighted by molar-refractivity contribution is 0.419. The summed E-state index contributed by atoms with van der Waals surface area (Å²) in [5, 5.41) is 14.6. The summed E-state index contributed by atoms with van der Waals surface area (Å²) in [6, 6.07) is 10.6. The smallest absolute Gasteiger partial charge is 0.284 e. The predicted molar refractivity (Wildman–Crippen MR) is 116 cm³/mol. The van der Waals surface area contributed by atoms with Crippen molar-refractivity contribution < 1.29 is 9.52 Å². The van der Waals surface area contributed by atoms with Crippen molar-refractivity contribution in [3.8, 4) is 22.8 Å². The number of rotatable bonds is 4. The van der Waals surface area contributed by atoms with Crippen molar-refractivity contribution in [1.29, 1.82) is 0 Å². The Balaban J connectivity index is 1.60. The summed E-state index contributed by atoms with van der Waals surface area (Å²) in [4.78, 5) is 29.6. The first-order valence-electron chi connectivity index (χ1n) is 10.1. The molecule has 0 radical (unpaired) electrons. The fourth-order valence-corrected chi connectivity index (χ4v) is 4.79. The zero-order chi connectivity index (χ0) is 21.4. The molecule has 0 bridgehead atoms. The quantitative estimate of drug-likeness (QED) is 0.387. The van der Waals surface area contributed by atoms with Crippen LogP contribution in [0.25, 0.3) is 17.1 Å². The second-order valence-electron chi connectivity index (χ2n) is 7.44. The van der Waals surface area contributed by atoms with Gasteiger partial charge in [-0.2, -0.15) is 4.68 Å². The Bertz CT molecular complexity index is 1330. The summed E-state index contributed by atoms with van der Waals surface area (Å²) in [6.07, 6.45) is 4.94. The first-order valence-corrected chi connectivity index (χ1v) is 11.1. The molecule has 0 saturated carbocycles. The largest absolute Gasteiger partial charge is 0.502 e. The second kappa shape index (κ2) is 8.07. The Morgan fingerprint density at radius 3 is 2.77 bits per heavy atom. The molecule has 1 aromatic heterocycles. The molecule has 1 aromatic carbocycles. The Hall–Kier alpha value is -3.33. The van der Waals surface area contributed by atoms with E-state index >= 15 is 0 Å². The number of hydrogen-bond acceptors (Lipinski definition) is 7. The number of hydrogen-bond donors (Lipinski definition) is 1. The van der Waals surface area contributed by atoms with Gasteiger partial charge in [-0.15, -0.1) is 5.10 Å². The lowest BCUT2D eigenvalue weighted by Crippen LogP contribution is -2.19. The van der Waals surface area contributed by atoms with Crippen LogP contribution in [0, 0.1) is 0 Å². The van der Waals surface area contributed by atoms with E-state index in [1.54, 1.807) is 0 Å². The van der Waals surface area contributed by atoms with Crippen LogP contribution in [0.1, 0.15) is 30.7 Å². The topological polar surface area (TPSA) is 103 Å². The zero-order valence-corrected chi connectivity index (χ0v) is 17.5. The predicted octanol–water partition coefficient (Wildman–Crippen LogP) is 3.21. The van der Waals surface area contributed by atoms with Gasteiger partial charge in [0.15, 0.2) is 16.7 Å². The standard InChI is InChI=1S/C22H20N4O4S/c27-17-11-15(30-12-18(17)28)13-31-22-23-20-19(16-9-5-2-6-10-25(16)22)21(29)26(24-20)14-7-3-1-4-8-14/h1,3-4,7-8,11-12,28H,2,5-6,9-10,13H2. The molecule has 3 aliphatic rings. The SMILES string of the molecule is O=c1cc(CSc2nc3nn(-c4ccccc4)c(=O)c-3c3n2CCCCC3)occ1O. The number of nitrogens with zero attached hydrogens (tertiary/aromatic N) is 4. The van der Waals surface area contributed by atoms with Gasteiger partial charge < -0.3 is 14.1 Å². The average molecular weight is 436 g/mol. The summed E-state index contributed by atoms with van der Waals surface area (Å²) < 4.78 is 8.84. The summed E-state index contributed by atoms with van der Waals surface area (Å²) >= 11 is 1.42. The van der Waals surface area contributed by atoms with E-state index in [0.29, 0.717) is 28.6 Å². The van der Waals surface area contributed by atoms with Gasteiger partial charge in [0, 0.05) is 18.3 Å². The van der Waals surface area contributed by atoms with Crippen LogP contribution in [0.4, 0.5) is 0 Å². The van der Waals surface area contributed by atoms with Crippen molar-refractivity contribution in [3.63, 3.8) is 0 Å². The maximum absolute atomic E-state index is 13.2. The van der Waals surface area contributed by atoms with Crippen LogP contribution in [0.15, 0.2) is 61.8 Å². The van der Waals surface area contributed by atoms with Crippen LogP contribution in [0.3, 0.4) is 0 Å². The minimum Gasteiger partial charge on any atom is -0.502 e. The Labute approximate surface area is 181 Å². The third kappa shape index (κ3) is 3.65. The zero-order valence-electron chi connectivity index (χ0n) is 16.7. The molecule has 8 nitrogen and oxygen atoms in total. The van der Waals surface area contributed by atoms with Crippen LogP contribution in [0.2, 0.25) is 0 Å².